The van der Waals surface area contributed by atoms with Crippen molar-refractivity contribution in [2.24, 2.45) is 11.5 Å². The molecular formula is C14H22N6O4S. The van der Waals surface area contributed by atoms with Gasteiger partial charge < -0.3 is 34.4 Å². The highest BCUT2D eigenvalue weighted by Crippen LogP contribution is 2.35. The molecule has 0 aliphatic heterocycles. The molecule has 0 saturated heterocycles. The fraction of sp³-hybridized carbons (Fsp3) is 0.143. The van der Waals surface area contributed by atoms with Crippen LogP contribution in [0.1, 0.15) is 11.1 Å². The summed E-state index contributed by atoms with van der Waals surface area (Å²) >= 11 is 0. The largest absolute Gasteiger partial charge is 0.399 e. The van der Waals surface area contributed by atoms with Crippen LogP contribution in [-0.2, 0) is 15.9 Å². The van der Waals surface area contributed by atoms with Crippen LogP contribution in [0.4, 0.5) is 22.7 Å². The van der Waals surface area contributed by atoms with E-state index in [0.29, 0.717) is 33.9 Å². The molecular weight excluding hydrogens is 348 g/mol. The van der Waals surface area contributed by atoms with E-state index in [1.54, 1.807) is 36.4 Å². The Hall–Kier alpha value is -2.57. The molecule has 2 rings (SSSR count). The van der Waals surface area contributed by atoms with Crippen LogP contribution < -0.4 is 34.4 Å². The van der Waals surface area contributed by atoms with E-state index in [0.717, 1.165) is 0 Å². The number of hydrogen-bond acceptors (Lipinski definition) is 8. The van der Waals surface area contributed by atoms with Crippen molar-refractivity contribution < 1.29 is 17.5 Å². The Morgan fingerprint density at radius 3 is 1.44 bits per heavy atom. The maximum atomic E-state index is 8.74. The van der Waals surface area contributed by atoms with Gasteiger partial charge in [-0.1, -0.05) is 0 Å². The van der Waals surface area contributed by atoms with Gasteiger partial charge in [0.05, 0.1) is 5.54 Å². The van der Waals surface area contributed by atoms with Gasteiger partial charge in [0.25, 0.3) is 0 Å². The zero-order valence-electron chi connectivity index (χ0n) is 13.3. The normalized spacial score (nSPS) is 11.5. The summed E-state index contributed by atoms with van der Waals surface area (Å²) in [6.45, 7) is 0.119. The Labute approximate surface area is 145 Å². The second kappa shape index (κ2) is 7.55. The Kier molecular flexibility index (Phi) is 6.18. The van der Waals surface area contributed by atoms with Gasteiger partial charge in [0.1, 0.15) is 0 Å². The standard InChI is InChI=1S/C14H20N6.H2O4S/c15-7-14(20,10-5-8(16)1-3-12(10)18)11-6-9(17)2-4-13(11)19;1-5(2,3)4/h1-6H,7,15-20H2;(H2,1,2,3,4). The zero-order valence-corrected chi connectivity index (χ0v) is 14.1. The molecule has 25 heavy (non-hydrogen) atoms. The summed E-state index contributed by atoms with van der Waals surface area (Å²) in [5, 5.41) is 0. The van der Waals surface area contributed by atoms with Crippen molar-refractivity contribution in [2.75, 3.05) is 29.5 Å². The highest BCUT2D eigenvalue weighted by molar-refractivity contribution is 7.79. The highest BCUT2D eigenvalue weighted by Gasteiger charge is 2.32. The Balaban J connectivity index is 0.000000550. The van der Waals surface area contributed by atoms with E-state index in [1.165, 1.54) is 0 Å². The molecule has 138 valence electrons. The molecule has 0 aromatic heterocycles. The molecule has 0 saturated carbocycles. The lowest BCUT2D eigenvalue weighted by Gasteiger charge is -2.32. The molecule has 2 aromatic carbocycles. The first-order valence-corrected chi connectivity index (χ1v) is 8.28. The Bertz CT molecular complexity index is 797. The summed E-state index contributed by atoms with van der Waals surface area (Å²) in [6.07, 6.45) is 0. The minimum atomic E-state index is -4.67. The minimum Gasteiger partial charge on any atom is -0.399 e. The van der Waals surface area contributed by atoms with Gasteiger partial charge in [0.2, 0.25) is 0 Å². The van der Waals surface area contributed by atoms with Crippen LogP contribution in [0.15, 0.2) is 36.4 Å². The fourth-order valence-corrected chi connectivity index (χ4v) is 2.29. The van der Waals surface area contributed by atoms with E-state index in [2.05, 4.69) is 0 Å². The summed E-state index contributed by atoms with van der Waals surface area (Å²) in [4.78, 5) is 0. The number of benzene rings is 2. The Morgan fingerprint density at radius 2 is 1.16 bits per heavy atom. The van der Waals surface area contributed by atoms with Crippen molar-refractivity contribution in [3.05, 3.63) is 47.5 Å². The number of rotatable bonds is 3. The molecule has 10 nitrogen and oxygen atoms in total. The molecule has 0 aliphatic rings. The molecule has 0 aliphatic carbocycles. The van der Waals surface area contributed by atoms with Gasteiger partial charge in [-0.25, -0.2) is 0 Å². The summed E-state index contributed by atoms with van der Waals surface area (Å²) < 4.78 is 31.6. The highest BCUT2D eigenvalue weighted by atomic mass is 32.3. The van der Waals surface area contributed by atoms with Gasteiger partial charge >= 0.3 is 10.4 Å². The predicted octanol–water partition coefficient (Wildman–Crippen LogP) is -0.476. The van der Waals surface area contributed by atoms with Crippen LogP contribution in [-0.4, -0.2) is 24.1 Å². The van der Waals surface area contributed by atoms with Gasteiger partial charge in [-0.05, 0) is 36.4 Å². The predicted molar refractivity (Wildman–Crippen MR) is 98.7 cm³/mol. The first kappa shape index (κ1) is 20.5. The van der Waals surface area contributed by atoms with Crippen molar-refractivity contribution in [1.29, 1.82) is 0 Å². The van der Waals surface area contributed by atoms with Crippen molar-refractivity contribution in [2.45, 2.75) is 5.54 Å². The quantitative estimate of drug-likeness (QED) is 0.255. The van der Waals surface area contributed by atoms with Crippen molar-refractivity contribution >= 4 is 33.1 Å². The lowest BCUT2D eigenvalue weighted by molar-refractivity contribution is 0.381. The van der Waals surface area contributed by atoms with Crippen LogP contribution in [0.2, 0.25) is 0 Å². The molecule has 2 aromatic rings. The lowest BCUT2D eigenvalue weighted by Crippen LogP contribution is -2.46. The molecule has 0 heterocycles. The molecule has 0 spiro atoms. The van der Waals surface area contributed by atoms with Crippen molar-refractivity contribution in [3.63, 3.8) is 0 Å². The average molecular weight is 370 g/mol. The maximum Gasteiger partial charge on any atom is 0.394 e. The van der Waals surface area contributed by atoms with Gasteiger partial charge in [0.15, 0.2) is 0 Å². The van der Waals surface area contributed by atoms with Crippen LogP contribution in [0.5, 0.6) is 0 Å². The number of anilines is 4. The van der Waals surface area contributed by atoms with Gasteiger partial charge in [-0.15, -0.1) is 0 Å². The first-order valence-electron chi connectivity index (χ1n) is 6.88. The van der Waals surface area contributed by atoms with Gasteiger partial charge in [-0.2, -0.15) is 8.42 Å². The van der Waals surface area contributed by atoms with E-state index >= 15 is 0 Å². The second-order valence-corrected chi connectivity index (χ2v) is 6.21. The third-order valence-electron chi connectivity index (χ3n) is 3.44. The van der Waals surface area contributed by atoms with Gasteiger partial charge in [-0.3, -0.25) is 9.11 Å². The van der Waals surface area contributed by atoms with Crippen molar-refractivity contribution in [1.82, 2.24) is 0 Å². The van der Waals surface area contributed by atoms with E-state index < -0.39 is 15.9 Å². The number of hydrogen-bond donors (Lipinski definition) is 8. The maximum absolute atomic E-state index is 8.74. The summed E-state index contributed by atoms with van der Waals surface area (Å²) in [7, 11) is -4.67. The monoisotopic (exact) mass is 370 g/mol. The first-order chi connectivity index (χ1) is 11.4. The smallest absolute Gasteiger partial charge is 0.394 e. The van der Waals surface area contributed by atoms with Crippen LogP contribution in [0, 0.1) is 0 Å². The average Bonchev–Trinajstić information content (AvgIpc) is 2.49. The third-order valence-corrected chi connectivity index (χ3v) is 3.44. The molecule has 14 N–H and O–H groups in total. The topological polar surface area (TPSA) is 231 Å². The summed E-state index contributed by atoms with van der Waals surface area (Å²) in [5.41, 5.74) is 38.4. The lowest BCUT2D eigenvalue weighted by atomic mass is 9.81. The van der Waals surface area contributed by atoms with E-state index in [4.69, 9.17) is 51.9 Å². The number of nitrogens with two attached hydrogens (primary N) is 6. The molecule has 0 atom stereocenters. The van der Waals surface area contributed by atoms with Crippen molar-refractivity contribution in [3.8, 4) is 0 Å². The van der Waals surface area contributed by atoms with Gasteiger partial charge in [0, 0.05) is 40.4 Å². The molecule has 0 bridgehead atoms. The second-order valence-electron chi connectivity index (χ2n) is 5.32. The molecule has 11 heteroatoms. The van der Waals surface area contributed by atoms with Crippen LogP contribution in [0.3, 0.4) is 0 Å². The summed E-state index contributed by atoms with van der Waals surface area (Å²) in [5.74, 6) is 0. The Morgan fingerprint density at radius 1 is 0.840 bits per heavy atom. The van der Waals surface area contributed by atoms with E-state index in [-0.39, 0.29) is 6.54 Å². The fourth-order valence-electron chi connectivity index (χ4n) is 2.29. The SMILES string of the molecule is NCC(N)(c1cc(N)ccc1N)c1cc(N)ccc1N.O=S(=O)(O)O. The minimum absolute atomic E-state index is 0.119. The molecule has 0 fully saturated rings. The molecule has 0 unspecified atom stereocenters. The number of nitrogen functional groups attached to an aromatic ring is 4. The van der Waals surface area contributed by atoms with Crippen LogP contribution in [0.25, 0.3) is 0 Å². The zero-order chi connectivity index (χ0) is 19.4. The van der Waals surface area contributed by atoms with Crippen LogP contribution >= 0.6 is 0 Å². The van der Waals surface area contributed by atoms with E-state index in [1.807, 2.05) is 0 Å². The molecule has 0 radical (unpaired) electrons. The van der Waals surface area contributed by atoms with E-state index in [9.17, 15) is 0 Å². The molecule has 0 amide bonds. The summed E-state index contributed by atoms with van der Waals surface area (Å²) in [6, 6.07) is 10.2. The third kappa shape index (κ3) is 5.48.